The minimum atomic E-state index is -0.0249. The topological polar surface area (TPSA) is 81.9 Å². The first-order valence-corrected chi connectivity index (χ1v) is 3.08. The lowest BCUT2D eigenvalue weighted by molar-refractivity contribution is -0.899. The fourth-order valence-corrected chi connectivity index (χ4v) is 0.455. The summed E-state index contributed by atoms with van der Waals surface area (Å²) in [6.07, 6.45) is 0.338. The van der Waals surface area contributed by atoms with Crippen LogP contribution in [0.15, 0.2) is 0 Å². The van der Waals surface area contributed by atoms with E-state index in [1.54, 1.807) is 0 Å². The first-order chi connectivity index (χ1) is 5.07. The number of rotatable bonds is 4. The zero-order valence-corrected chi connectivity index (χ0v) is 6.61. The van der Waals surface area contributed by atoms with Gasteiger partial charge in [0.1, 0.15) is 0 Å². The summed E-state index contributed by atoms with van der Waals surface area (Å²) in [5, 5.41) is 16.6. The maximum absolute atomic E-state index is 8.41. The number of methoxy groups -OCH3 is 1. The molecule has 0 unspecified atom stereocenters. The highest BCUT2D eigenvalue weighted by Crippen LogP contribution is 1.89. The molecule has 0 spiro atoms. The van der Waals surface area contributed by atoms with Crippen LogP contribution in [-0.4, -0.2) is 41.8 Å². The summed E-state index contributed by atoms with van der Waals surface area (Å²) < 4.78 is 4.56. The van der Waals surface area contributed by atoms with E-state index in [1.807, 2.05) is 0 Å². The monoisotopic (exact) mass is 160 g/mol. The van der Waals surface area contributed by atoms with E-state index in [1.165, 1.54) is 14.2 Å². The lowest BCUT2D eigenvalue weighted by Crippen LogP contribution is -2.28. The van der Waals surface area contributed by atoms with Gasteiger partial charge < -0.3 is 4.74 Å². The molecule has 0 fully saturated rings. The lowest BCUT2D eigenvalue weighted by atomic mass is 10.4. The molecule has 0 heterocycles. The van der Waals surface area contributed by atoms with E-state index in [-0.39, 0.29) is 10.9 Å². The molecule has 0 aliphatic rings. The van der Waals surface area contributed by atoms with Crippen molar-refractivity contribution in [2.45, 2.75) is 6.42 Å². The Bertz CT molecular complexity index is 159. The Morgan fingerprint density at radius 2 is 2.36 bits per heavy atom. The van der Waals surface area contributed by atoms with E-state index in [9.17, 15) is 0 Å². The first kappa shape index (κ1) is 9.67. The van der Waals surface area contributed by atoms with Crippen LogP contribution in [0.1, 0.15) is 6.42 Å². The average Bonchev–Trinajstić information content (AvgIpc) is 1.99. The first-order valence-electron chi connectivity index (χ1n) is 3.08. The number of nitrogens with one attached hydrogen (secondary N) is 1. The Morgan fingerprint density at radius 1 is 1.82 bits per heavy atom. The molecule has 0 bridgehead atoms. The molecule has 0 saturated heterocycles. The van der Waals surface area contributed by atoms with Crippen molar-refractivity contribution >= 4 is 5.90 Å². The molecule has 2 N–H and O–H groups in total. The summed E-state index contributed by atoms with van der Waals surface area (Å²) in [6, 6.07) is 0. The molecule has 11 heavy (non-hydrogen) atoms. The third kappa shape index (κ3) is 4.12. The van der Waals surface area contributed by atoms with Gasteiger partial charge in [0.05, 0.1) is 12.1 Å². The molecule has 0 atom stereocenters. The highest BCUT2D eigenvalue weighted by atomic mass is 16.5. The molecule has 0 aliphatic carbocycles. The second-order valence-corrected chi connectivity index (χ2v) is 2.03. The Labute approximate surface area is 64.9 Å². The van der Waals surface area contributed by atoms with Gasteiger partial charge in [-0.05, 0) is 7.05 Å². The van der Waals surface area contributed by atoms with Crippen LogP contribution in [0, 0.1) is 5.41 Å². The summed E-state index contributed by atoms with van der Waals surface area (Å²) in [5.74, 6) is 0.110. The van der Waals surface area contributed by atoms with Gasteiger partial charge in [-0.1, -0.05) is 5.53 Å². The van der Waals surface area contributed by atoms with E-state index in [2.05, 4.69) is 4.74 Å². The van der Waals surface area contributed by atoms with Gasteiger partial charge in [0.25, 0.3) is 0 Å². The standard InChI is InChI=1S/C5H12N4O2/c1-8(9(7)10)4-3-5(6)11-2/h6,10H,3-4H2,1-2H3. The van der Waals surface area contributed by atoms with Crippen molar-refractivity contribution in [3.05, 3.63) is 5.53 Å². The van der Waals surface area contributed by atoms with Gasteiger partial charge in [0, 0.05) is 13.0 Å². The predicted octanol–water partition coefficient (Wildman–Crippen LogP) is 0.270. The smallest absolute Gasteiger partial charge is 0.180 e. The fourth-order valence-electron chi connectivity index (χ4n) is 0.455. The lowest BCUT2D eigenvalue weighted by Gasteiger charge is -2.13. The van der Waals surface area contributed by atoms with Crippen LogP contribution in [-0.2, 0) is 4.74 Å². The maximum atomic E-state index is 8.41. The molecule has 0 aromatic carbocycles. The van der Waals surface area contributed by atoms with Gasteiger partial charge in [0.15, 0.2) is 5.90 Å². The minimum Gasteiger partial charge on any atom is -0.484 e. The van der Waals surface area contributed by atoms with Crippen molar-refractivity contribution < 1.29 is 14.9 Å². The van der Waals surface area contributed by atoms with Gasteiger partial charge in [-0.15, -0.1) is 0 Å². The molecular weight excluding hydrogens is 148 g/mol. The zero-order valence-electron chi connectivity index (χ0n) is 6.61. The van der Waals surface area contributed by atoms with E-state index in [0.29, 0.717) is 13.0 Å². The van der Waals surface area contributed by atoms with Crippen LogP contribution < -0.4 is 0 Å². The molecule has 6 nitrogen and oxygen atoms in total. The molecule has 0 aromatic rings. The van der Waals surface area contributed by atoms with Crippen molar-refractivity contribution in [3.8, 4) is 0 Å². The zero-order chi connectivity index (χ0) is 8.85. The molecule has 0 radical (unpaired) electrons. The van der Waals surface area contributed by atoms with Crippen LogP contribution in [0.3, 0.4) is 0 Å². The maximum Gasteiger partial charge on any atom is 0.180 e. The largest absolute Gasteiger partial charge is 0.484 e. The molecular formula is C5H12N4O2. The number of ether oxygens (including phenoxy) is 1. The number of hydrogen-bond acceptors (Lipinski definition) is 2. The molecule has 6 heteroatoms. The van der Waals surface area contributed by atoms with Crippen molar-refractivity contribution in [3.63, 3.8) is 0 Å². The van der Waals surface area contributed by atoms with Crippen molar-refractivity contribution in [2.24, 2.45) is 0 Å². The van der Waals surface area contributed by atoms with Gasteiger partial charge in [0.2, 0.25) is 0 Å². The highest BCUT2D eigenvalue weighted by Gasteiger charge is 2.01. The summed E-state index contributed by atoms with van der Waals surface area (Å²) >= 11 is 0. The Morgan fingerprint density at radius 3 is 2.73 bits per heavy atom. The van der Waals surface area contributed by atoms with Crippen LogP contribution in [0.4, 0.5) is 0 Å². The Balaban J connectivity index is 3.54. The molecule has 0 saturated carbocycles. The normalized spacial score (nSPS) is 8.91. The third-order valence-corrected chi connectivity index (χ3v) is 1.21. The van der Waals surface area contributed by atoms with E-state index in [0.717, 1.165) is 5.01 Å². The second-order valence-electron chi connectivity index (χ2n) is 2.03. The third-order valence-electron chi connectivity index (χ3n) is 1.21. The number of nitrogens with zero attached hydrogens (tertiary/aromatic N) is 3. The van der Waals surface area contributed by atoms with Gasteiger partial charge in [-0.2, -0.15) is 0 Å². The van der Waals surface area contributed by atoms with E-state index in [4.69, 9.17) is 16.1 Å². The fraction of sp³-hybridized carbons (Fsp3) is 0.800. The van der Waals surface area contributed by atoms with Gasteiger partial charge in [-0.25, -0.2) is 5.01 Å². The Kier molecular flexibility index (Phi) is 3.94. The van der Waals surface area contributed by atoms with Gasteiger partial charge in [-0.3, -0.25) is 10.6 Å². The minimum absolute atomic E-state index is 0.0249. The van der Waals surface area contributed by atoms with Crippen molar-refractivity contribution in [1.82, 2.24) is 5.01 Å². The predicted molar refractivity (Wildman–Crippen MR) is 37.4 cm³/mol. The second kappa shape index (κ2) is 4.48. The molecule has 64 valence electrons. The summed E-state index contributed by atoms with van der Waals surface area (Å²) in [6.45, 7) is 0.319. The highest BCUT2D eigenvalue weighted by molar-refractivity contribution is 5.72. The van der Waals surface area contributed by atoms with Crippen LogP contribution in [0.25, 0.3) is 5.53 Å². The van der Waals surface area contributed by atoms with Crippen LogP contribution in [0.5, 0.6) is 0 Å². The molecule has 0 aliphatic heterocycles. The summed E-state index contributed by atoms with van der Waals surface area (Å²) in [5.41, 5.74) is 8.41. The molecule has 0 aromatic heterocycles. The summed E-state index contributed by atoms with van der Waals surface area (Å²) in [4.78, 5) is -0.0249. The molecule has 0 rings (SSSR count). The number of hydrogen-bond donors (Lipinski definition) is 2. The van der Waals surface area contributed by atoms with E-state index < -0.39 is 0 Å². The van der Waals surface area contributed by atoms with E-state index >= 15 is 0 Å². The van der Waals surface area contributed by atoms with Crippen molar-refractivity contribution in [2.75, 3.05) is 20.7 Å². The average molecular weight is 160 g/mol. The van der Waals surface area contributed by atoms with Crippen molar-refractivity contribution in [1.29, 1.82) is 5.41 Å². The van der Waals surface area contributed by atoms with Crippen LogP contribution in [0.2, 0.25) is 0 Å². The summed E-state index contributed by atoms with van der Waals surface area (Å²) in [7, 11) is 2.88. The van der Waals surface area contributed by atoms with Crippen LogP contribution >= 0.6 is 0 Å². The van der Waals surface area contributed by atoms with Gasteiger partial charge >= 0.3 is 0 Å². The Hall–Kier alpha value is -1.33. The molecule has 0 amide bonds. The quantitative estimate of drug-likeness (QED) is 0.203. The SMILES string of the molecule is COC(=N)CCN(C)[N+](=[N-])O. The number of hydrazine groups is 1.